The number of thiophene rings is 1. The lowest BCUT2D eigenvalue weighted by Crippen LogP contribution is -1.93. The normalized spacial score (nSPS) is 10.3. The van der Waals surface area contributed by atoms with Crippen molar-refractivity contribution in [3.8, 4) is 5.75 Å². The van der Waals surface area contributed by atoms with Gasteiger partial charge >= 0.3 is 0 Å². The largest absolute Gasteiger partial charge is 0.488 e. The summed E-state index contributed by atoms with van der Waals surface area (Å²) in [6.45, 7) is 2.27. The van der Waals surface area contributed by atoms with Gasteiger partial charge in [-0.3, -0.25) is 0 Å². The Hall–Kier alpha value is -1.35. The van der Waals surface area contributed by atoms with Crippen molar-refractivity contribution in [3.63, 3.8) is 0 Å². The van der Waals surface area contributed by atoms with Crippen LogP contribution in [0, 0.1) is 12.7 Å². The molecule has 0 saturated carbocycles. The summed E-state index contributed by atoms with van der Waals surface area (Å²) >= 11 is 1.65. The Morgan fingerprint density at radius 3 is 2.87 bits per heavy atom. The summed E-state index contributed by atoms with van der Waals surface area (Å²) in [6, 6.07) is 8.79. The Kier molecular flexibility index (Phi) is 3.02. The van der Waals surface area contributed by atoms with Gasteiger partial charge in [-0.05, 0) is 42.1 Å². The van der Waals surface area contributed by atoms with Gasteiger partial charge < -0.3 is 4.74 Å². The van der Waals surface area contributed by atoms with Crippen molar-refractivity contribution in [1.29, 1.82) is 0 Å². The fraction of sp³-hybridized carbons (Fsp3) is 0.167. The van der Waals surface area contributed by atoms with E-state index in [4.69, 9.17) is 4.74 Å². The minimum Gasteiger partial charge on any atom is -0.488 e. The second-order valence-corrected chi connectivity index (χ2v) is 4.31. The van der Waals surface area contributed by atoms with Gasteiger partial charge in [0.15, 0.2) is 0 Å². The van der Waals surface area contributed by atoms with Crippen LogP contribution in [0.2, 0.25) is 0 Å². The molecule has 1 aromatic carbocycles. The highest BCUT2D eigenvalue weighted by atomic mass is 32.1. The number of hydrogen-bond acceptors (Lipinski definition) is 2. The van der Waals surface area contributed by atoms with E-state index in [1.54, 1.807) is 30.4 Å². The summed E-state index contributed by atoms with van der Waals surface area (Å²) in [5.41, 5.74) is 0.610. The van der Waals surface area contributed by atoms with Crippen LogP contribution in [0.15, 0.2) is 35.7 Å². The van der Waals surface area contributed by atoms with Crippen molar-refractivity contribution in [2.45, 2.75) is 13.5 Å². The van der Waals surface area contributed by atoms with E-state index in [2.05, 4.69) is 0 Å². The minimum atomic E-state index is -0.196. The van der Waals surface area contributed by atoms with Crippen molar-refractivity contribution in [1.82, 2.24) is 0 Å². The molecule has 3 heteroatoms. The van der Waals surface area contributed by atoms with Crippen LogP contribution in [0.4, 0.5) is 4.39 Å². The number of benzene rings is 1. The predicted molar refractivity (Wildman–Crippen MR) is 59.8 cm³/mol. The molecule has 2 aromatic rings. The molecule has 0 aliphatic rings. The van der Waals surface area contributed by atoms with E-state index in [9.17, 15) is 4.39 Å². The summed E-state index contributed by atoms with van der Waals surface area (Å²) < 4.78 is 18.5. The maximum Gasteiger partial charge on any atom is 0.126 e. The first-order valence-electron chi connectivity index (χ1n) is 4.67. The number of halogens is 1. The molecule has 0 N–H and O–H groups in total. The molecule has 0 aliphatic heterocycles. The Morgan fingerprint density at radius 2 is 2.20 bits per heavy atom. The van der Waals surface area contributed by atoms with Crippen LogP contribution in [0.5, 0.6) is 5.75 Å². The average Bonchev–Trinajstić information content (AvgIpc) is 2.73. The molecule has 1 heterocycles. The van der Waals surface area contributed by atoms with Gasteiger partial charge in [-0.2, -0.15) is 0 Å². The van der Waals surface area contributed by atoms with Gasteiger partial charge in [0.1, 0.15) is 18.2 Å². The monoisotopic (exact) mass is 222 g/mol. The molecular weight excluding hydrogens is 211 g/mol. The van der Waals surface area contributed by atoms with E-state index in [1.165, 1.54) is 6.07 Å². The maximum atomic E-state index is 13.0. The van der Waals surface area contributed by atoms with Crippen LogP contribution in [0.1, 0.15) is 10.4 Å². The second-order valence-electron chi connectivity index (χ2n) is 3.28. The number of aryl methyl sites for hydroxylation is 1. The molecule has 1 nitrogen and oxygen atoms in total. The fourth-order valence-corrected chi connectivity index (χ4v) is 1.87. The van der Waals surface area contributed by atoms with Crippen molar-refractivity contribution in [2.24, 2.45) is 0 Å². The maximum absolute atomic E-state index is 13.0. The third kappa shape index (κ3) is 2.57. The first-order valence-corrected chi connectivity index (χ1v) is 5.55. The summed E-state index contributed by atoms with van der Waals surface area (Å²) in [5.74, 6) is 0.515. The van der Waals surface area contributed by atoms with Crippen molar-refractivity contribution >= 4 is 11.3 Å². The first-order chi connectivity index (χ1) is 7.25. The molecule has 1 aromatic heterocycles. The van der Waals surface area contributed by atoms with E-state index in [0.717, 1.165) is 4.88 Å². The van der Waals surface area contributed by atoms with Gasteiger partial charge in [0.25, 0.3) is 0 Å². The van der Waals surface area contributed by atoms with Crippen molar-refractivity contribution < 1.29 is 9.13 Å². The SMILES string of the molecule is Cc1cc(OCc2cccs2)ccc1F. The minimum absolute atomic E-state index is 0.196. The summed E-state index contributed by atoms with van der Waals surface area (Å²) in [5, 5.41) is 2.01. The lowest BCUT2D eigenvalue weighted by Gasteiger charge is -2.05. The third-order valence-corrected chi connectivity index (χ3v) is 2.94. The summed E-state index contributed by atoms with van der Waals surface area (Å²) in [6.07, 6.45) is 0. The zero-order valence-corrected chi connectivity index (χ0v) is 9.18. The van der Waals surface area contributed by atoms with Crippen molar-refractivity contribution in [2.75, 3.05) is 0 Å². The van der Waals surface area contributed by atoms with E-state index >= 15 is 0 Å². The highest BCUT2D eigenvalue weighted by molar-refractivity contribution is 7.09. The predicted octanol–water partition coefficient (Wildman–Crippen LogP) is 3.77. The number of rotatable bonds is 3. The molecule has 78 valence electrons. The number of ether oxygens (including phenoxy) is 1. The zero-order valence-electron chi connectivity index (χ0n) is 8.37. The molecule has 0 aliphatic carbocycles. The Labute approximate surface area is 92.1 Å². The fourth-order valence-electron chi connectivity index (χ4n) is 1.26. The van der Waals surface area contributed by atoms with Gasteiger partial charge in [0, 0.05) is 4.88 Å². The Balaban J connectivity index is 2.02. The molecule has 0 amide bonds. The van der Waals surface area contributed by atoms with Gasteiger partial charge in [0.05, 0.1) is 0 Å². The van der Waals surface area contributed by atoms with E-state index in [1.807, 2.05) is 17.5 Å². The summed E-state index contributed by atoms with van der Waals surface area (Å²) in [7, 11) is 0. The van der Waals surface area contributed by atoms with E-state index in [0.29, 0.717) is 17.9 Å². The zero-order chi connectivity index (χ0) is 10.7. The lowest BCUT2D eigenvalue weighted by atomic mass is 10.2. The highest BCUT2D eigenvalue weighted by Crippen LogP contribution is 2.18. The van der Waals surface area contributed by atoms with E-state index < -0.39 is 0 Å². The van der Waals surface area contributed by atoms with Gasteiger partial charge in [-0.25, -0.2) is 4.39 Å². The molecule has 0 radical (unpaired) electrons. The first kappa shape index (κ1) is 10.2. The van der Waals surface area contributed by atoms with Gasteiger partial charge in [-0.1, -0.05) is 6.07 Å². The van der Waals surface area contributed by atoms with Crippen LogP contribution >= 0.6 is 11.3 Å². The van der Waals surface area contributed by atoms with Crippen LogP contribution in [0.25, 0.3) is 0 Å². The molecule has 0 atom stereocenters. The standard InChI is InChI=1S/C12H11FOS/c1-9-7-10(4-5-12(9)13)14-8-11-3-2-6-15-11/h2-7H,8H2,1H3. The van der Waals surface area contributed by atoms with Crippen LogP contribution in [-0.2, 0) is 6.61 Å². The van der Waals surface area contributed by atoms with Crippen LogP contribution in [0.3, 0.4) is 0 Å². The molecule has 2 rings (SSSR count). The molecule has 0 saturated heterocycles. The highest BCUT2D eigenvalue weighted by Gasteiger charge is 2.00. The molecular formula is C12H11FOS. The smallest absolute Gasteiger partial charge is 0.126 e. The molecule has 0 spiro atoms. The third-order valence-electron chi connectivity index (χ3n) is 2.09. The lowest BCUT2D eigenvalue weighted by molar-refractivity contribution is 0.309. The van der Waals surface area contributed by atoms with Crippen LogP contribution < -0.4 is 4.74 Å². The topological polar surface area (TPSA) is 9.23 Å². The Morgan fingerprint density at radius 1 is 1.33 bits per heavy atom. The Bertz CT molecular complexity index is 437. The quantitative estimate of drug-likeness (QED) is 0.768. The van der Waals surface area contributed by atoms with Crippen LogP contribution in [-0.4, -0.2) is 0 Å². The molecule has 0 bridgehead atoms. The molecule has 0 unspecified atom stereocenters. The van der Waals surface area contributed by atoms with E-state index in [-0.39, 0.29) is 5.82 Å². The molecule has 15 heavy (non-hydrogen) atoms. The van der Waals surface area contributed by atoms with Gasteiger partial charge in [-0.15, -0.1) is 11.3 Å². The number of hydrogen-bond donors (Lipinski definition) is 0. The van der Waals surface area contributed by atoms with Crippen molar-refractivity contribution in [3.05, 3.63) is 52.0 Å². The average molecular weight is 222 g/mol. The second kappa shape index (κ2) is 4.45. The summed E-state index contributed by atoms with van der Waals surface area (Å²) in [4.78, 5) is 1.16. The van der Waals surface area contributed by atoms with Gasteiger partial charge in [0.2, 0.25) is 0 Å². The molecule has 0 fully saturated rings.